The molecule has 0 aliphatic heterocycles. The summed E-state index contributed by atoms with van der Waals surface area (Å²) in [5.41, 5.74) is 6.02. The summed E-state index contributed by atoms with van der Waals surface area (Å²) >= 11 is 0. The van der Waals surface area contributed by atoms with Gasteiger partial charge in [0.25, 0.3) is 0 Å². The fraction of sp³-hybridized carbons (Fsp3) is 0.0909. The van der Waals surface area contributed by atoms with E-state index in [4.69, 9.17) is 6.42 Å². The molecule has 2 nitrogen and oxygen atoms in total. The fourth-order valence-electron chi connectivity index (χ4n) is 2.62. The van der Waals surface area contributed by atoms with Crippen molar-refractivity contribution in [2.24, 2.45) is 0 Å². The van der Waals surface area contributed by atoms with Gasteiger partial charge in [0.15, 0.2) is 0 Å². The van der Waals surface area contributed by atoms with Gasteiger partial charge in [0.05, 0.1) is 11.4 Å². The molecular formula is C22H18N2. The SMILES string of the molecule is C#Cc1c(/C=C\c2ccnc(-c3ccccn3)c2)cccc1CC. The Labute approximate surface area is 142 Å². The molecule has 0 unspecified atom stereocenters. The first-order valence-corrected chi connectivity index (χ1v) is 7.96. The van der Waals surface area contributed by atoms with Gasteiger partial charge in [-0.15, -0.1) is 6.42 Å². The molecule has 0 aliphatic carbocycles. The molecule has 0 fully saturated rings. The molecular weight excluding hydrogens is 292 g/mol. The van der Waals surface area contributed by atoms with Crippen LogP contribution in [0.15, 0.2) is 60.9 Å². The van der Waals surface area contributed by atoms with Gasteiger partial charge in [0.1, 0.15) is 0 Å². The number of hydrogen-bond acceptors (Lipinski definition) is 2. The van der Waals surface area contributed by atoms with E-state index in [2.05, 4.69) is 41.0 Å². The molecule has 0 bridgehead atoms. The highest BCUT2D eigenvalue weighted by molar-refractivity contribution is 5.75. The van der Waals surface area contributed by atoms with Crippen LogP contribution in [0.4, 0.5) is 0 Å². The molecule has 0 radical (unpaired) electrons. The topological polar surface area (TPSA) is 25.8 Å². The molecule has 3 rings (SSSR count). The molecule has 0 aliphatic rings. The van der Waals surface area contributed by atoms with Gasteiger partial charge in [-0.05, 0) is 47.4 Å². The highest BCUT2D eigenvalue weighted by atomic mass is 14.8. The normalized spacial score (nSPS) is 10.7. The summed E-state index contributed by atoms with van der Waals surface area (Å²) < 4.78 is 0. The Morgan fingerprint density at radius 3 is 2.58 bits per heavy atom. The maximum Gasteiger partial charge on any atom is 0.0892 e. The summed E-state index contributed by atoms with van der Waals surface area (Å²) in [6, 6.07) is 16.0. The van der Waals surface area contributed by atoms with Crippen LogP contribution in [0.1, 0.15) is 29.2 Å². The summed E-state index contributed by atoms with van der Waals surface area (Å²) in [4.78, 5) is 8.74. The minimum Gasteiger partial charge on any atom is -0.255 e. The van der Waals surface area contributed by atoms with E-state index in [0.717, 1.165) is 34.5 Å². The van der Waals surface area contributed by atoms with Crippen LogP contribution in [-0.2, 0) is 6.42 Å². The molecule has 1 aromatic carbocycles. The summed E-state index contributed by atoms with van der Waals surface area (Å²) in [6.07, 6.45) is 14.3. The Kier molecular flexibility index (Phi) is 4.84. The number of terminal acetylenes is 1. The summed E-state index contributed by atoms with van der Waals surface area (Å²) in [5, 5.41) is 0. The molecule has 2 heterocycles. The van der Waals surface area contributed by atoms with Crippen LogP contribution in [0.25, 0.3) is 23.5 Å². The lowest BCUT2D eigenvalue weighted by Crippen LogP contribution is -1.91. The molecule has 116 valence electrons. The van der Waals surface area contributed by atoms with E-state index in [9.17, 15) is 0 Å². The zero-order valence-corrected chi connectivity index (χ0v) is 13.6. The fourth-order valence-corrected chi connectivity index (χ4v) is 2.62. The molecule has 0 saturated heterocycles. The van der Waals surface area contributed by atoms with Crippen molar-refractivity contribution in [2.75, 3.05) is 0 Å². The summed E-state index contributed by atoms with van der Waals surface area (Å²) in [5.74, 6) is 2.82. The second-order valence-electron chi connectivity index (χ2n) is 5.40. The van der Waals surface area contributed by atoms with Gasteiger partial charge >= 0.3 is 0 Å². The van der Waals surface area contributed by atoms with Crippen molar-refractivity contribution in [1.82, 2.24) is 9.97 Å². The predicted octanol–water partition coefficient (Wildman–Crippen LogP) is 4.86. The minimum absolute atomic E-state index is 0.859. The summed E-state index contributed by atoms with van der Waals surface area (Å²) in [6.45, 7) is 2.12. The van der Waals surface area contributed by atoms with E-state index in [-0.39, 0.29) is 0 Å². The summed E-state index contributed by atoms with van der Waals surface area (Å²) in [7, 11) is 0. The average molecular weight is 310 g/mol. The van der Waals surface area contributed by atoms with E-state index < -0.39 is 0 Å². The van der Waals surface area contributed by atoms with Crippen molar-refractivity contribution in [1.29, 1.82) is 0 Å². The number of benzene rings is 1. The largest absolute Gasteiger partial charge is 0.255 e. The lowest BCUT2D eigenvalue weighted by molar-refractivity contribution is 1.13. The van der Waals surface area contributed by atoms with Gasteiger partial charge < -0.3 is 0 Å². The van der Waals surface area contributed by atoms with Gasteiger partial charge in [0.2, 0.25) is 0 Å². The number of aromatic nitrogens is 2. The molecule has 0 amide bonds. The smallest absolute Gasteiger partial charge is 0.0892 e. The lowest BCUT2D eigenvalue weighted by atomic mass is 9.99. The quantitative estimate of drug-likeness (QED) is 0.643. The third-order valence-corrected chi connectivity index (χ3v) is 3.87. The highest BCUT2D eigenvalue weighted by Gasteiger charge is 2.03. The molecule has 0 saturated carbocycles. The Hall–Kier alpha value is -3.18. The van der Waals surface area contributed by atoms with Gasteiger partial charge in [-0.1, -0.05) is 49.3 Å². The Morgan fingerprint density at radius 1 is 0.958 bits per heavy atom. The van der Waals surface area contributed by atoms with E-state index >= 15 is 0 Å². The van der Waals surface area contributed by atoms with Gasteiger partial charge in [-0.25, -0.2) is 0 Å². The monoisotopic (exact) mass is 310 g/mol. The van der Waals surface area contributed by atoms with E-state index in [1.807, 2.05) is 42.5 Å². The maximum atomic E-state index is 5.69. The van der Waals surface area contributed by atoms with E-state index in [1.54, 1.807) is 12.4 Å². The van der Waals surface area contributed by atoms with Crippen LogP contribution in [0, 0.1) is 12.3 Å². The van der Waals surface area contributed by atoms with Gasteiger partial charge in [-0.2, -0.15) is 0 Å². The minimum atomic E-state index is 0.859. The van der Waals surface area contributed by atoms with Crippen molar-refractivity contribution < 1.29 is 0 Å². The predicted molar refractivity (Wildman–Crippen MR) is 100 cm³/mol. The Bertz CT molecular complexity index is 903. The van der Waals surface area contributed by atoms with Crippen molar-refractivity contribution in [3.05, 3.63) is 83.2 Å². The van der Waals surface area contributed by atoms with Crippen LogP contribution in [-0.4, -0.2) is 9.97 Å². The van der Waals surface area contributed by atoms with E-state index in [0.29, 0.717) is 0 Å². The number of nitrogens with zero attached hydrogens (tertiary/aromatic N) is 2. The van der Waals surface area contributed by atoms with Crippen molar-refractivity contribution >= 4 is 12.2 Å². The second kappa shape index (κ2) is 7.39. The van der Waals surface area contributed by atoms with Crippen LogP contribution in [0.3, 0.4) is 0 Å². The van der Waals surface area contributed by atoms with Gasteiger partial charge in [0, 0.05) is 18.0 Å². The zero-order chi connectivity index (χ0) is 16.8. The first-order chi connectivity index (χ1) is 11.8. The molecule has 2 aromatic heterocycles. The van der Waals surface area contributed by atoms with E-state index in [1.165, 1.54) is 5.56 Å². The Morgan fingerprint density at radius 2 is 1.83 bits per heavy atom. The second-order valence-corrected chi connectivity index (χ2v) is 5.40. The first kappa shape index (κ1) is 15.7. The van der Waals surface area contributed by atoms with Crippen molar-refractivity contribution in [2.45, 2.75) is 13.3 Å². The lowest BCUT2D eigenvalue weighted by Gasteiger charge is -2.05. The number of pyridine rings is 2. The molecule has 24 heavy (non-hydrogen) atoms. The number of rotatable bonds is 4. The molecule has 0 N–H and O–H groups in total. The van der Waals surface area contributed by atoms with Gasteiger partial charge in [-0.3, -0.25) is 9.97 Å². The molecule has 2 heteroatoms. The standard InChI is InChI=1S/C22H18N2/c1-3-18-8-7-9-19(20(18)4-2)12-11-17-13-15-24-22(16-17)21-10-5-6-14-23-21/h2,5-16H,3H2,1H3/b12-11-. The Balaban J connectivity index is 1.93. The highest BCUT2D eigenvalue weighted by Crippen LogP contribution is 2.19. The van der Waals surface area contributed by atoms with Crippen LogP contribution < -0.4 is 0 Å². The van der Waals surface area contributed by atoms with Crippen molar-refractivity contribution in [3.8, 4) is 23.7 Å². The van der Waals surface area contributed by atoms with Crippen LogP contribution in [0.5, 0.6) is 0 Å². The van der Waals surface area contributed by atoms with Crippen LogP contribution in [0.2, 0.25) is 0 Å². The molecule has 0 spiro atoms. The molecule has 0 atom stereocenters. The molecule has 3 aromatic rings. The first-order valence-electron chi connectivity index (χ1n) is 7.96. The number of aryl methyl sites for hydroxylation is 1. The maximum absolute atomic E-state index is 5.69. The van der Waals surface area contributed by atoms with Crippen molar-refractivity contribution in [3.63, 3.8) is 0 Å². The van der Waals surface area contributed by atoms with Crippen LogP contribution >= 0.6 is 0 Å². The third kappa shape index (κ3) is 3.42. The average Bonchev–Trinajstić information content (AvgIpc) is 2.66. The number of hydrogen-bond donors (Lipinski definition) is 0. The zero-order valence-electron chi connectivity index (χ0n) is 13.6. The third-order valence-electron chi connectivity index (χ3n) is 3.87.